The molecule has 1 aromatic rings. The van der Waals surface area contributed by atoms with Gasteiger partial charge in [-0.2, -0.15) is 0 Å². The van der Waals surface area contributed by atoms with E-state index >= 15 is 0 Å². The third-order valence-corrected chi connectivity index (χ3v) is 4.12. The highest BCUT2D eigenvalue weighted by Gasteiger charge is 2.45. The highest BCUT2D eigenvalue weighted by atomic mass is 16.3. The van der Waals surface area contributed by atoms with Gasteiger partial charge in [-0.3, -0.25) is 0 Å². The Kier molecular flexibility index (Phi) is 2.60. The van der Waals surface area contributed by atoms with Gasteiger partial charge in [0.2, 0.25) is 0 Å². The first-order valence-electron chi connectivity index (χ1n) is 6.32. The molecule has 0 radical (unpaired) electrons. The molecule has 16 heavy (non-hydrogen) atoms. The molecule has 2 aliphatic rings. The highest BCUT2D eigenvalue weighted by Crippen LogP contribution is 2.52. The van der Waals surface area contributed by atoms with Gasteiger partial charge in [-0.15, -0.1) is 0 Å². The monoisotopic (exact) mass is 217 g/mol. The van der Waals surface area contributed by atoms with Crippen molar-refractivity contribution in [2.24, 2.45) is 17.8 Å². The molecule has 4 unspecified atom stereocenters. The molecule has 1 fully saturated rings. The lowest BCUT2D eigenvalue weighted by molar-refractivity contribution is 0.327. The quantitative estimate of drug-likeness (QED) is 0.784. The molecule has 1 N–H and O–H groups in total. The summed E-state index contributed by atoms with van der Waals surface area (Å²) in [7, 11) is 0. The topological polar surface area (TPSA) is 25.2 Å². The summed E-state index contributed by atoms with van der Waals surface area (Å²) < 4.78 is 5.62. The maximum absolute atomic E-state index is 5.62. The second kappa shape index (κ2) is 4.10. The van der Waals surface area contributed by atoms with Crippen LogP contribution in [-0.2, 0) is 0 Å². The fraction of sp³-hybridized carbons (Fsp3) is 0.571. The molecule has 0 aromatic carbocycles. The Morgan fingerprint density at radius 3 is 3.00 bits per heavy atom. The van der Waals surface area contributed by atoms with E-state index in [1.165, 1.54) is 12.2 Å². The van der Waals surface area contributed by atoms with E-state index in [4.69, 9.17) is 4.42 Å². The van der Waals surface area contributed by atoms with Crippen molar-refractivity contribution < 1.29 is 4.42 Å². The maximum atomic E-state index is 5.62. The number of allylic oxidation sites excluding steroid dienone is 2. The van der Waals surface area contributed by atoms with Gasteiger partial charge in [0.1, 0.15) is 5.76 Å². The van der Waals surface area contributed by atoms with Crippen molar-refractivity contribution >= 4 is 0 Å². The van der Waals surface area contributed by atoms with Gasteiger partial charge in [0, 0.05) is 5.92 Å². The van der Waals surface area contributed by atoms with Crippen LogP contribution in [0.3, 0.4) is 0 Å². The van der Waals surface area contributed by atoms with E-state index in [2.05, 4.69) is 30.5 Å². The summed E-state index contributed by atoms with van der Waals surface area (Å²) in [4.78, 5) is 0. The zero-order valence-electron chi connectivity index (χ0n) is 9.73. The minimum Gasteiger partial charge on any atom is -0.469 e. The van der Waals surface area contributed by atoms with E-state index in [-0.39, 0.29) is 0 Å². The van der Waals surface area contributed by atoms with Crippen LogP contribution < -0.4 is 5.32 Å². The number of hydrogen-bond acceptors (Lipinski definition) is 2. The summed E-state index contributed by atoms with van der Waals surface area (Å²) in [5.74, 6) is 3.98. The van der Waals surface area contributed by atoms with Crippen molar-refractivity contribution in [2.75, 3.05) is 13.1 Å². The molecule has 0 spiro atoms. The predicted molar refractivity (Wildman–Crippen MR) is 64.2 cm³/mol. The van der Waals surface area contributed by atoms with Gasteiger partial charge in [-0.05, 0) is 49.4 Å². The summed E-state index contributed by atoms with van der Waals surface area (Å²) in [5, 5.41) is 3.49. The summed E-state index contributed by atoms with van der Waals surface area (Å²) in [5.41, 5.74) is 0. The van der Waals surface area contributed by atoms with E-state index in [0.29, 0.717) is 11.8 Å². The van der Waals surface area contributed by atoms with Crippen molar-refractivity contribution in [2.45, 2.75) is 19.3 Å². The fourth-order valence-corrected chi connectivity index (χ4v) is 3.42. The number of furan rings is 1. The van der Waals surface area contributed by atoms with Gasteiger partial charge in [0.25, 0.3) is 0 Å². The third kappa shape index (κ3) is 1.52. The van der Waals surface area contributed by atoms with Gasteiger partial charge >= 0.3 is 0 Å². The van der Waals surface area contributed by atoms with Crippen molar-refractivity contribution in [1.29, 1.82) is 0 Å². The van der Waals surface area contributed by atoms with E-state index in [1.807, 2.05) is 6.07 Å². The maximum Gasteiger partial charge on any atom is 0.107 e. The van der Waals surface area contributed by atoms with Crippen molar-refractivity contribution in [1.82, 2.24) is 5.32 Å². The normalized spacial score (nSPS) is 36.1. The summed E-state index contributed by atoms with van der Waals surface area (Å²) in [6.45, 7) is 4.35. The largest absolute Gasteiger partial charge is 0.469 e. The van der Waals surface area contributed by atoms with Crippen LogP contribution in [0.1, 0.15) is 25.0 Å². The number of fused-ring (bicyclic) bond motifs is 2. The lowest BCUT2D eigenvalue weighted by Crippen LogP contribution is -2.29. The molecule has 3 rings (SSSR count). The summed E-state index contributed by atoms with van der Waals surface area (Å²) >= 11 is 0. The van der Waals surface area contributed by atoms with Crippen LogP contribution in [0.4, 0.5) is 0 Å². The average molecular weight is 217 g/mol. The van der Waals surface area contributed by atoms with Crippen LogP contribution in [-0.4, -0.2) is 13.1 Å². The molecule has 1 aromatic heterocycles. The first-order valence-corrected chi connectivity index (χ1v) is 6.32. The smallest absolute Gasteiger partial charge is 0.107 e. The highest BCUT2D eigenvalue weighted by molar-refractivity contribution is 5.23. The Bertz CT molecular complexity index is 368. The minimum absolute atomic E-state index is 0.601. The molecule has 0 amide bonds. The molecule has 2 nitrogen and oxygen atoms in total. The zero-order chi connectivity index (χ0) is 11.0. The molecule has 0 saturated heterocycles. The molecule has 2 aliphatic carbocycles. The lowest BCUT2D eigenvalue weighted by atomic mass is 9.81. The molecule has 86 valence electrons. The van der Waals surface area contributed by atoms with E-state index in [1.54, 1.807) is 6.26 Å². The Morgan fingerprint density at radius 1 is 1.38 bits per heavy atom. The molecule has 2 heteroatoms. The van der Waals surface area contributed by atoms with Crippen LogP contribution in [0.25, 0.3) is 0 Å². The lowest BCUT2D eigenvalue weighted by Gasteiger charge is -2.26. The first kappa shape index (κ1) is 10.2. The van der Waals surface area contributed by atoms with E-state index < -0.39 is 0 Å². The Hall–Kier alpha value is -1.02. The van der Waals surface area contributed by atoms with Gasteiger partial charge in [0.15, 0.2) is 0 Å². The average Bonchev–Trinajstić information content (AvgIpc) is 3.00. The molecule has 1 heterocycles. The van der Waals surface area contributed by atoms with E-state index in [9.17, 15) is 0 Å². The molecule has 4 atom stereocenters. The van der Waals surface area contributed by atoms with Crippen LogP contribution >= 0.6 is 0 Å². The molecular weight excluding hydrogens is 198 g/mol. The molecule has 0 aliphatic heterocycles. The number of hydrogen-bond donors (Lipinski definition) is 1. The van der Waals surface area contributed by atoms with Gasteiger partial charge in [-0.1, -0.05) is 19.1 Å². The number of rotatable bonds is 4. The second-order valence-corrected chi connectivity index (χ2v) is 4.96. The van der Waals surface area contributed by atoms with Crippen LogP contribution in [0.2, 0.25) is 0 Å². The minimum atomic E-state index is 0.601. The predicted octanol–water partition coefficient (Wildman–Crippen LogP) is 2.79. The number of nitrogens with one attached hydrogen (secondary N) is 1. The van der Waals surface area contributed by atoms with Crippen LogP contribution in [0.5, 0.6) is 0 Å². The third-order valence-electron chi connectivity index (χ3n) is 4.12. The van der Waals surface area contributed by atoms with Crippen LogP contribution in [0.15, 0.2) is 35.0 Å². The van der Waals surface area contributed by atoms with Crippen molar-refractivity contribution in [3.05, 3.63) is 36.3 Å². The molecular formula is C14H19NO. The Balaban J connectivity index is 1.82. The van der Waals surface area contributed by atoms with Gasteiger partial charge in [0.05, 0.1) is 6.26 Å². The second-order valence-electron chi connectivity index (χ2n) is 4.96. The summed E-state index contributed by atoms with van der Waals surface area (Å²) in [6, 6.07) is 4.15. The van der Waals surface area contributed by atoms with Gasteiger partial charge < -0.3 is 9.73 Å². The summed E-state index contributed by atoms with van der Waals surface area (Å²) in [6.07, 6.45) is 7.92. The molecule has 1 saturated carbocycles. The standard InChI is InChI=1S/C14H19NO/c1-2-15-9-12-10-5-6-11(8-10)14(12)13-4-3-7-16-13/h3-7,10-12,14-15H,2,8-9H2,1H3. The van der Waals surface area contributed by atoms with Gasteiger partial charge in [-0.25, -0.2) is 0 Å². The Labute approximate surface area is 96.7 Å². The van der Waals surface area contributed by atoms with E-state index in [0.717, 1.165) is 24.9 Å². The Morgan fingerprint density at radius 2 is 2.25 bits per heavy atom. The SMILES string of the molecule is CCNCC1C2C=CC(C2)C1c1ccco1. The fourth-order valence-electron chi connectivity index (χ4n) is 3.42. The van der Waals surface area contributed by atoms with Crippen LogP contribution in [0, 0.1) is 17.8 Å². The van der Waals surface area contributed by atoms with Crippen molar-refractivity contribution in [3.63, 3.8) is 0 Å². The zero-order valence-corrected chi connectivity index (χ0v) is 9.73. The van der Waals surface area contributed by atoms with Crippen molar-refractivity contribution in [3.8, 4) is 0 Å². The molecule has 2 bridgehead atoms. The first-order chi connectivity index (χ1) is 7.90.